The Morgan fingerprint density at radius 3 is 2.55 bits per heavy atom. The SMILES string of the molecule is Cc1ccc(NC(=O)C=Cc2cn(-c3ccccc3)nc2-c2cccs2)cc1C(=O)N(C)C. The van der Waals surface area contributed by atoms with Gasteiger partial charge in [-0.2, -0.15) is 5.10 Å². The number of rotatable bonds is 6. The maximum absolute atomic E-state index is 12.6. The number of nitrogens with one attached hydrogen (secondary N) is 1. The second-order valence-corrected chi connectivity index (χ2v) is 8.69. The van der Waals surface area contributed by atoms with Crippen molar-refractivity contribution in [2.75, 3.05) is 19.4 Å². The average molecular weight is 457 g/mol. The lowest BCUT2D eigenvalue weighted by atomic mass is 10.1. The number of carbonyl (C=O) groups is 2. The number of aromatic nitrogens is 2. The molecule has 0 aliphatic rings. The van der Waals surface area contributed by atoms with Gasteiger partial charge < -0.3 is 10.2 Å². The van der Waals surface area contributed by atoms with E-state index in [2.05, 4.69) is 5.32 Å². The smallest absolute Gasteiger partial charge is 0.253 e. The van der Waals surface area contributed by atoms with Crippen LogP contribution in [0.4, 0.5) is 5.69 Å². The summed E-state index contributed by atoms with van der Waals surface area (Å²) in [7, 11) is 3.41. The molecule has 33 heavy (non-hydrogen) atoms. The Balaban J connectivity index is 1.58. The number of aryl methyl sites for hydroxylation is 1. The second kappa shape index (κ2) is 9.67. The Morgan fingerprint density at radius 2 is 1.85 bits per heavy atom. The largest absolute Gasteiger partial charge is 0.345 e. The van der Waals surface area contributed by atoms with Gasteiger partial charge in [-0.1, -0.05) is 30.3 Å². The van der Waals surface area contributed by atoms with Crippen molar-refractivity contribution < 1.29 is 9.59 Å². The van der Waals surface area contributed by atoms with Gasteiger partial charge in [-0.15, -0.1) is 11.3 Å². The van der Waals surface area contributed by atoms with Crippen LogP contribution in [0.5, 0.6) is 0 Å². The molecule has 0 saturated carbocycles. The monoisotopic (exact) mass is 456 g/mol. The summed E-state index contributed by atoms with van der Waals surface area (Å²) >= 11 is 1.60. The zero-order valence-electron chi connectivity index (χ0n) is 18.6. The van der Waals surface area contributed by atoms with Gasteiger partial charge in [0.1, 0.15) is 5.69 Å². The summed E-state index contributed by atoms with van der Waals surface area (Å²) < 4.78 is 1.81. The highest BCUT2D eigenvalue weighted by atomic mass is 32.1. The molecule has 0 aliphatic heterocycles. The minimum atomic E-state index is -0.285. The molecule has 6 nitrogen and oxygen atoms in total. The van der Waals surface area contributed by atoms with Crippen LogP contribution in [-0.4, -0.2) is 40.6 Å². The quantitative estimate of drug-likeness (QED) is 0.402. The molecule has 1 N–H and O–H groups in total. The molecule has 0 bridgehead atoms. The number of para-hydroxylation sites is 1. The fourth-order valence-electron chi connectivity index (χ4n) is 3.35. The van der Waals surface area contributed by atoms with Crippen molar-refractivity contribution in [2.45, 2.75) is 6.92 Å². The van der Waals surface area contributed by atoms with Crippen molar-refractivity contribution in [1.29, 1.82) is 0 Å². The van der Waals surface area contributed by atoms with E-state index in [9.17, 15) is 9.59 Å². The predicted molar refractivity (Wildman–Crippen MR) is 134 cm³/mol. The third-order valence-corrected chi connectivity index (χ3v) is 5.95. The van der Waals surface area contributed by atoms with Gasteiger partial charge in [0.05, 0.1) is 10.6 Å². The standard InChI is InChI=1S/C26H24N4O2S/c1-18-11-13-20(16-22(18)26(32)29(2)3)27-24(31)14-12-19-17-30(21-8-5-4-6-9-21)28-25(19)23-10-7-15-33-23/h4-17H,1-3H3,(H,27,31). The lowest BCUT2D eigenvalue weighted by molar-refractivity contribution is -0.111. The van der Waals surface area contributed by atoms with E-state index >= 15 is 0 Å². The zero-order valence-corrected chi connectivity index (χ0v) is 19.5. The van der Waals surface area contributed by atoms with Crippen LogP contribution >= 0.6 is 11.3 Å². The van der Waals surface area contributed by atoms with Gasteiger partial charge in [-0.3, -0.25) is 9.59 Å². The van der Waals surface area contributed by atoms with Crippen LogP contribution in [0.3, 0.4) is 0 Å². The van der Waals surface area contributed by atoms with E-state index in [0.717, 1.165) is 27.4 Å². The van der Waals surface area contributed by atoms with Crippen LogP contribution < -0.4 is 5.32 Å². The van der Waals surface area contributed by atoms with Crippen LogP contribution in [0.1, 0.15) is 21.5 Å². The van der Waals surface area contributed by atoms with E-state index in [4.69, 9.17) is 5.10 Å². The van der Waals surface area contributed by atoms with Crippen LogP contribution in [0.2, 0.25) is 0 Å². The number of hydrogen-bond donors (Lipinski definition) is 1. The molecular weight excluding hydrogens is 432 g/mol. The minimum absolute atomic E-state index is 0.104. The first-order valence-corrected chi connectivity index (χ1v) is 11.3. The molecule has 4 aromatic rings. The van der Waals surface area contributed by atoms with Gasteiger partial charge in [0, 0.05) is 43.2 Å². The summed E-state index contributed by atoms with van der Waals surface area (Å²) in [5.74, 6) is -0.389. The Bertz CT molecular complexity index is 1310. The molecule has 0 saturated heterocycles. The molecule has 2 aromatic carbocycles. The fourth-order valence-corrected chi connectivity index (χ4v) is 4.08. The summed E-state index contributed by atoms with van der Waals surface area (Å²) in [5.41, 5.74) is 4.58. The number of carbonyl (C=O) groups excluding carboxylic acids is 2. The summed E-state index contributed by atoms with van der Waals surface area (Å²) in [5, 5.41) is 9.59. The van der Waals surface area contributed by atoms with Crippen LogP contribution in [0, 0.1) is 6.92 Å². The van der Waals surface area contributed by atoms with Gasteiger partial charge in [0.2, 0.25) is 5.91 Å². The zero-order chi connectivity index (χ0) is 23.4. The summed E-state index contributed by atoms with van der Waals surface area (Å²) in [6, 6.07) is 19.1. The second-order valence-electron chi connectivity index (χ2n) is 7.74. The third kappa shape index (κ3) is 5.10. The number of hydrogen-bond acceptors (Lipinski definition) is 4. The van der Waals surface area contributed by atoms with Crippen LogP contribution in [0.15, 0.2) is 78.3 Å². The van der Waals surface area contributed by atoms with Crippen molar-refractivity contribution in [3.8, 4) is 16.3 Å². The Labute approximate surface area is 196 Å². The molecule has 0 unspecified atom stereocenters. The maximum Gasteiger partial charge on any atom is 0.253 e. The molecule has 0 atom stereocenters. The van der Waals surface area contributed by atoms with E-state index in [1.54, 1.807) is 43.6 Å². The maximum atomic E-state index is 12.6. The summed E-state index contributed by atoms with van der Waals surface area (Å²) in [4.78, 5) is 27.6. The first-order valence-electron chi connectivity index (χ1n) is 10.4. The highest BCUT2D eigenvalue weighted by Gasteiger charge is 2.14. The van der Waals surface area contributed by atoms with E-state index < -0.39 is 0 Å². The van der Waals surface area contributed by atoms with Crippen LogP contribution in [-0.2, 0) is 4.79 Å². The molecule has 0 spiro atoms. The lowest BCUT2D eigenvalue weighted by Crippen LogP contribution is -2.22. The first-order chi connectivity index (χ1) is 15.9. The molecule has 4 rings (SSSR count). The lowest BCUT2D eigenvalue weighted by Gasteiger charge is -2.13. The highest BCUT2D eigenvalue weighted by Crippen LogP contribution is 2.28. The number of benzene rings is 2. The number of thiophene rings is 1. The molecular formula is C26H24N4O2S. The number of anilines is 1. The van der Waals surface area contributed by atoms with Gasteiger partial charge in [-0.05, 0) is 54.3 Å². The molecule has 2 heterocycles. The van der Waals surface area contributed by atoms with E-state index in [0.29, 0.717) is 11.3 Å². The first kappa shape index (κ1) is 22.2. The Morgan fingerprint density at radius 1 is 1.06 bits per heavy atom. The van der Waals surface area contributed by atoms with Crippen molar-refractivity contribution in [2.24, 2.45) is 0 Å². The third-order valence-electron chi connectivity index (χ3n) is 5.07. The van der Waals surface area contributed by atoms with Crippen molar-refractivity contribution in [1.82, 2.24) is 14.7 Å². The van der Waals surface area contributed by atoms with Gasteiger partial charge in [0.15, 0.2) is 0 Å². The number of nitrogens with zero attached hydrogens (tertiary/aromatic N) is 3. The fraction of sp³-hybridized carbons (Fsp3) is 0.115. The summed E-state index contributed by atoms with van der Waals surface area (Å²) in [6.07, 6.45) is 5.15. The predicted octanol–water partition coefficient (Wildman–Crippen LogP) is 5.26. The van der Waals surface area contributed by atoms with Crippen molar-refractivity contribution >= 4 is 34.9 Å². The van der Waals surface area contributed by atoms with Crippen molar-refractivity contribution in [3.63, 3.8) is 0 Å². The summed E-state index contributed by atoms with van der Waals surface area (Å²) in [6.45, 7) is 1.87. The van der Waals surface area contributed by atoms with Gasteiger partial charge >= 0.3 is 0 Å². The molecule has 0 aliphatic carbocycles. The van der Waals surface area contributed by atoms with Gasteiger partial charge in [-0.25, -0.2) is 4.68 Å². The van der Waals surface area contributed by atoms with E-state index in [1.165, 1.54) is 11.0 Å². The van der Waals surface area contributed by atoms with E-state index in [1.807, 2.05) is 71.7 Å². The normalized spacial score (nSPS) is 11.0. The van der Waals surface area contributed by atoms with Gasteiger partial charge in [0.25, 0.3) is 5.91 Å². The molecule has 0 radical (unpaired) electrons. The average Bonchev–Trinajstić information content (AvgIpc) is 3.49. The highest BCUT2D eigenvalue weighted by molar-refractivity contribution is 7.13. The molecule has 7 heteroatoms. The van der Waals surface area contributed by atoms with E-state index in [-0.39, 0.29) is 11.8 Å². The molecule has 0 fully saturated rings. The molecule has 2 amide bonds. The molecule has 166 valence electrons. The van der Waals surface area contributed by atoms with Crippen LogP contribution in [0.25, 0.3) is 22.3 Å². The Kier molecular flexibility index (Phi) is 6.51. The minimum Gasteiger partial charge on any atom is -0.345 e. The van der Waals surface area contributed by atoms with Crippen molar-refractivity contribution in [3.05, 3.63) is 95.0 Å². The molecule has 2 aromatic heterocycles. The number of amides is 2. The topological polar surface area (TPSA) is 67.2 Å². The Hall–Kier alpha value is -3.97.